The molecule has 0 bridgehead atoms. The summed E-state index contributed by atoms with van der Waals surface area (Å²) < 4.78 is 44.8. The van der Waals surface area contributed by atoms with Crippen molar-refractivity contribution < 1.29 is 27.1 Å². The molecule has 0 spiro atoms. The van der Waals surface area contributed by atoms with Crippen molar-refractivity contribution in [2.45, 2.75) is 31.9 Å². The van der Waals surface area contributed by atoms with E-state index in [9.17, 15) is 22.4 Å². The summed E-state index contributed by atoms with van der Waals surface area (Å²) in [5.41, 5.74) is 2.02. The topological polar surface area (TPSA) is 102 Å². The number of esters is 1. The van der Waals surface area contributed by atoms with Crippen molar-refractivity contribution in [3.63, 3.8) is 0 Å². The number of carbonyl (C=O) groups is 2. The molecule has 31 heavy (non-hydrogen) atoms. The largest absolute Gasteiger partial charge is 0.446 e. The van der Waals surface area contributed by atoms with E-state index < -0.39 is 40.4 Å². The number of amides is 1. The Morgan fingerprint density at radius 2 is 1.77 bits per heavy atom. The molecule has 1 aliphatic rings. The van der Waals surface area contributed by atoms with Gasteiger partial charge in [0.05, 0.1) is 0 Å². The second kappa shape index (κ2) is 9.84. The maximum Gasteiger partial charge on any atom is 0.322 e. The van der Waals surface area contributed by atoms with Crippen LogP contribution in [0.25, 0.3) is 6.08 Å². The third-order valence-electron chi connectivity index (χ3n) is 4.52. The van der Waals surface area contributed by atoms with E-state index in [1.54, 1.807) is 12.1 Å². The molecular weight excluding hydrogens is 423 g/mol. The van der Waals surface area contributed by atoms with E-state index in [0.29, 0.717) is 5.56 Å². The molecule has 0 saturated heterocycles. The van der Waals surface area contributed by atoms with Crippen molar-refractivity contribution >= 4 is 28.0 Å². The van der Waals surface area contributed by atoms with Crippen LogP contribution in [-0.4, -0.2) is 32.9 Å². The van der Waals surface area contributed by atoms with Gasteiger partial charge in [0, 0.05) is 17.0 Å². The van der Waals surface area contributed by atoms with E-state index >= 15 is 0 Å². The molecule has 1 aliphatic carbocycles. The minimum absolute atomic E-state index is 0.0274. The highest BCUT2D eigenvalue weighted by atomic mass is 32.2. The molecule has 0 radical (unpaired) electrons. The SMILES string of the molecule is Cc1ccc(/C=C/S(=O)(=O)NCC(=O)OC(C(=O)NC2CC2)c2ccc(F)cc2)cc1. The first kappa shape index (κ1) is 22.6. The molecule has 2 aromatic rings. The Morgan fingerprint density at radius 3 is 2.39 bits per heavy atom. The summed E-state index contributed by atoms with van der Waals surface area (Å²) in [4.78, 5) is 24.7. The predicted octanol–water partition coefficient (Wildman–Crippen LogP) is 2.59. The zero-order valence-electron chi connectivity index (χ0n) is 16.9. The molecule has 9 heteroatoms. The highest BCUT2D eigenvalue weighted by molar-refractivity contribution is 7.92. The van der Waals surface area contributed by atoms with E-state index in [1.807, 2.05) is 19.1 Å². The zero-order valence-corrected chi connectivity index (χ0v) is 17.7. The van der Waals surface area contributed by atoms with Crippen LogP contribution < -0.4 is 10.0 Å². The Kier molecular flexibility index (Phi) is 7.19. The number of carbonyl (C=O) groups excluding carboxylic acids is 2. The molecule has 3 rings (SSSR count). The van der Waals surface area contributed by atoms with Gasteiger partial charge in [0.15, 0.2) is 0 Å². The van der Waals surface area contributed by atoms with E-state index in [0.717, 1.165) is 35.9 Å². The number of benzene rings is 2. The summed E-state index contributed by atoms with van der Waals surface area (Å²) in [6.45, 7) is 1.26. The summed E-state index contributed by atoms with van der Waals surface area (Å²) in [6.07, 6.45) is 1.77. The maximum absolute atomic E-state index is 13.2. The third kappa shape index (κ3) is 7.30. The first-order valence-electron chi connectivity index (χ1n) is 9.71. The first-order valence-corrected chi connectivity index (χ1v) is 11.3. The fraction of sp³-hybridized carbons (Fsp3) is 0.273. The first-order chi connectivity index (χ1) is 14.7. The van der Waals surface area contributed by atoms with Crippen LogP contribution in [0, 0.1) is 12.7 Å². The molecule has 164 valence electrons. The number of hydrogen-bond acceptors (Lipinski definition) is 5. The van der Waals surface area contributed by atoms with Crippen molar-refractivity contribution in [1.29, 1.82) is 0 Å². The molecule has 2 N–H and O–H groups in total. The van der Waals surface area contributed by atoms with E-state index in [2.05, 4.69) is 10.0 Å². The number of hydrogen-bond donors (Lipinski definition) is 2. The lowest BCUT2D eigenvalue weighted by molar-refractivity contribution is -0.155. The van der Waals surface area contributed by atoms with Crippen LogP contribution in [0.1, 0.15) is 35.6 Å². The average molecular weight is 447 g/mol. The fourth-order valence-corrected chi connectivity index (χ4v) is 3.39. The molecule has 1 atom stereocenters. The number of sulfonamides is 1. The standard InChI is InChI=1S/C22H23FN2O5S/c1-15-2-4-16(5-3-15)12-13-31(28,29)24-14-20(26)30-21(22(27)25-19-10-11-19)17-6-8-18(23)9-7-17/h2-9,12-13,19,21,24H,10-11,14H2,1H3,(H,25,27)/b13-12+. The quantitative estimate of drug-likeness (QED) is 0.577. The average Bonchev–Trinajstić information content (AvgIpc) is 3.55. The molecule has 0 heterocycles. The van der Waals surface area contributed by atoms with Crippen LogP contribution in [0.15, 0.2) is 53.9 Å². The molecule has 0 aliphatic heterocycles. The van der Waals surface area contributed by atoms with Gasteiger partial charge >= 0.3 is 5.97 Å². The zero-order chi connectivity index (χ0) is 22.4. The molecule has 1 fully saturated rings. The summed E-state index contributed by atoms with van der Waals surface area (Å²) in [5.74, 6) is -1.97. The van der Waals surface area contributed by atoms with Gasteiger partial charge in [0.1, 0.15) is 12.4 Å². The van der Waals surface area contributed by atoms with Gasteiger partial charge in [0.2, 0.25) is 16.1 Å². The van der Waals surface area contributed by atoms with Crippen LogP contribution in [-0.2, 0) is 24.3 Å². The molecule has 0 aromatic heterocycles. The van der Waals surface area contributed by atoms with Crippen LogP contribution in [0.3, 0.4) is 0 Å². The van der Waals surface area contributed by atoms with Gasteiger partial charge in [-0.05, 0) is 43.5 Å². The Morgan fingerprint density at radius 1 is 1.13 bits per heavy atom. The minimum atomic E-state index is -3.90. The fourth-order valence-electron chi connectivity index (χ4n) is 2.64. The third-order valence-corrected chi connectivity index (χ3v) is 5.56. The highest BCUT2D eigenvalue weighted by Gasteiger charge is 2.31. The Labute approximate surface area is 180 Å². The van der Waals surface area contributed by atoms with Crippen molar-refractivity contribution in [3.8, 4) is 0 Å². The normalized spacial score (nSPS) is 14.9. The Bertz CT molecular complexity index is 1060. The van der Waals surface area contributed by atoms with Crippen molar-refractivity contribution in [2.75, 3.05) is 6.54 Å². The molecule has 1 amide bonds. The lowest BCUT2D eigenvalue weighted by Crippen LogP contribution is -2.36. The van der Waals surface area contributed by atoms with Crippen molar-refractivity contribution in [3.05, 3.63) is 76.4 Å². The Hall–Kier alpha value is -3.04. The van der Waals surface area contributed by atoms with Gasteiger partial charge in [-0.15, -0.1) is 0 Å². The highest BCUT2D eigenvalue weighted by Crippen LogP contribution is 2.23. The molecule has 7 nitrogen and oxygen atoms in total. The lowest BCUT2D eigenvalue weighted by atomic mass is 10.1. The molecule has 2 aromatic carbocycles. The summed E-state index contributed by atoms with van der Waals surface area (Å²) in [7, 11) is -3.90. The number of aryl methyl sites for hydroxylation is 1. The number of halogens is 1. The van der Waals surface area contributed by atoms with Gasteiger partial charge in [-0.1, -0.05) is 42.0 Å². The van der Waals surface area contributed by atoms with Crippen LogP contribution in [0.4, 0.5) is 4.39 Å². The van der Waals surface area contributed by atoms with Gasteiger partial charge in [0.25, 0.3) is 5.91 Å². The van der Waals surface area contributed by atoms with Crippen molar-refractivity contribution in [1.82, 2.24) is 10.0 Å². The van der Waals surface area contributed by atoms with E-state index in [4.69, 9.17) is 4.74 Å². The lowest BCUT2D eigenvalue weighted by Gasteiger charge is -2.18. The van der Waals surface area contributed by atoms with Crippen LogP contribution in [0.5, 0.6) is 0 Å². The van der Waals surface area contributed by atoms with Crippen LogP contribution in [0.2, 0.25) is 0 Å². The predicted molar refractivity (Wildman–Crippen MR) is 114 cm³/mol. The van der Waals surface area contributed by atoms with Gasteiger partial charge in [-0.25, -0.2) is 17.5 Å². The minimum Gasteiger partial charge on any atom is -0.446 e. The molecule has 1 unspecified atom stereocenters. The van der Waals surface area contributed by atoms with Gasteiger partial charge in [-0.2, -0.15) is 0 Å². The summed E-state index contributed by atoms with van der Waals surface area (Å²) in [6, 6.07) is 12.2. The second-order valence-electron chi connectivity index (χ2n) is 7.28. The van der Waals surface area contributed by atoms with Gasteiger partial charge < -0.3 is 10.1 Å². The summed E-state index contributed by atoms with van der Waals surface area (Å²) >= 11 is 0. The molecule has 1 saturated carbocycles. The van der Waals surface area contributed by atoms with Gasteiger partial charge in [-0.3, -0.25) is 9.59 Å². The smallest absolute Gasteiger partial charge is 0.322 e. The second-order valence-corrected chi connectivity index (χ2v) is 8.93. The maximum atomic E-state index is 13.2. The van der Waals surface area contributed by atoms with Crippen molar-refractivity contribution in [2.24, 2.45) is 0 Å². The van der Waals surface area contributed by atoms with E-state index in [-0.39, 0.29) is 11.6 Å². The number of ether oxygens (including phenoxy) is 1. The molecular formula is C22H23FN2O5S. The Balaban J connectivity index is 1.60. The monoisotopic (exact) mass is 446 g/mol. The van der Waals surface area contributed by atoms with Crippen LogP contribution >= 0.6 is 0 Å². The number of rotatable bonds is 9. The number of nitrogens with one attached hydrogen (secondary N) is 2. The van der Waals surface area contributed by atoms with E-state index in [1.165, 1.54) is 18.2 Å². The summed E-state index contributed by atoms with van der Waals surface area (Å²) in [5, 5.41) is 3.67.